The lowest BCUT2D eigenvalue weighted by atomic mass is 10.0. The summed E-state index contributed by atoms with van der Waals surface area (Å²) in [7, 11) is 0. The number of pyridine rings is 1. The van der Waals surface area contributed by atoms with Crippen LogP contribution in [-0.2, 0) is 16.1 Å². The maximum atomic E-state index is 12.6. The second-order valence-corrected chi connectivity index (χ2v) is 7.74. The van der Waals surface area contributed by atoms with Crippen LogP contribution in [0.5, 0.6) is 0 Å². The van der Waals surface area contributed by atoms with E-state index in [-0.39, 0.29) is 23.9 Å². The van der Waals surface area contributed by atoms with Gasteiger partial charge in [0.1, 0.15) is 6.04 Å². The van der Waals surface area contributed by atoms with Gasteiger partial charge in [-0.25, -0.2) is 0 Å². The third kappa shape index (κ3) is 3.54. The van der Waals surface area contributed by atoms with Gasteiger partial charge in [0.05, 0.1) is 0 Å². The van der Waals surface area contributed by atoms with E-state index in [2.05, 4.69) is 15.2 Å². The smallest absolute Gasteiger partial charge is 0.242 e. The zero-order valence-electron chi connectivity index (χ0n) is 14.7. The Morgan fingerprint density at radius 2 is 2.00 bits per heavy atom. The predicted molar refractivity (Wildman–Crippen MR) is 93.5 cm³/mol. The Morgan fingerprint density at radius 1 is 1.24 bits per heavy atom. The minimum absolute atomic E-state index is 0.0184. The second kappa shape index (κ2) is 6.75. The lowest BCUT2D eigenvalue weighted by molar-refractivity contribution is -0.138. The van der Waals surface area contributed by atoms with E-state index in [4.69, 9.17) is 0 Å². The number of fused-ring (bicyclic) bond motifs is 1. The molecule has 25 heavy (non-hydrogen) atoms. The van der Waals surface area contributed by atoms with Crippen molar-refractivity contribution >= 4 is 11.8 Å². The first-order chi connectivity index (χ1) is 12.1. The molecule has 2 amide bonds. The number of rotatable bonds is 5. The summed E-state index contributed by atoms with van der Waals surface area (Å²) < 4.78 is 0. The van der Waals surface area contributed by atoms with Gasteiger partial charge in [-0.3, -0.25) is 19.5 Å². The van der Waals surface area contributed by atoms with E-state index < -0.39 is 0 Å². The summed E-state index contributed by atoms with van der Waals surface area (Å²) in [6.07, 6.45) is 6.85. The average molecular weight is 342 g/mol. The van der Waals surface area contributed by atoms with Gasteiger partial charge in [-0.2, -0.15) is 0 Å². The number of nitrogens with one attached hydrogen (secondary N) is 1. The van der Waals surface area contributed by atoms with Crippen LogP contribution in [0.2, 0.25) is 0 Å². The van der Waals surface area contributed by atoms with Crippen LogP contribution in [0.4, 0.5) is 0 Å². The number of nitrogens with zero attached hydrogens (tertiary/aromatic N) is 3. The molecule has 3 atom stereocenters. The fourth-order valence-electron chi connectivity index (χ4n) is 4.37. The molecule has 0 aromatic carbocycles. The Balaban J connectivity index is 1.39. The molecule has 0 radical (unpaired) electrons. The van der Waals surface area contributed by atoms with Crippen LogP contribution >= 0.6 is 0 Å². The molecular formula is C19H26N4O2. The number of hydrogen-bond acceptors (Lipinski definition) is 4. The van der Waals surface area contributed by atoms with Gasteiger partial charge in [-0.15, -0.1) is 0 Å². The molecule has 134 valence electrons. The van der Waals surface area contributed by atoms with Crippen LogP contribution in [0.15, 0.2) is 24.5 Å². The molecule has 1 saturated carbocycles. The highest BCUT2D eigenvalue weighted by Gasteiger charge is 2.49. The highest BCUT2D eigenvalue weighted by atomic mass is 16.2. The van der Waals surface area contributed by atoms with Gasteiger partial charge in [0.25, 0.3) is 0 Å². The van der Waals surface area contributed by atoms with Crippen molar-refractivity contribution in [2.24, 2.45) is 11.8 Å². The lowest BCUT2D eigenvalue weighted by Crippen LogP contribution is -2.50. The minimum atomic E-state index is -0.283. The molecule has 1 aromatic heterocycles. The Bertz CT molecular complexity index is 646. The number of carbonyl (C=O) groups excluding carboxylic acids is 2. The van der Waals surface area contributed by atoms with Crippen molar-refractivity contribution in [2.45, 2.75) is 44.8 Å². The van der Waals surface area contributed by atoms with Gasteiger partial charge in [-0.05, 0) is 48.8 Å². The van der Waals surface area contributed by atoms with Crippen molar-refractivity contribution in [3.05, 3.63) is 30.1 Å². The van der Waals surface area contributed by atoms with Gasteiger partial charge in [0, 0.05) is 51.5 Å². The molecule has 3 aliphatic rings. The standard InChI is InChI=1S/C19H26N4O2/c1-13(24)23-17(19(25)21-9-14-2-3-14)8-16-11-22(12-18(16)23)10-15-4-6-20-7-5-15/h4-7,14,16-18H,2-3,8-12H2,1H3,(H,21,25)/t16-,17-,18+/m0/s1. The molecule has 6 nitrogen and oxygen atoms in total. The van der Waals surface area contributed by atoms with E-state index in [0.29, 0.717) is 11.8 Å². The topological polar surface area (TPSA) is 65.5 Å². The van der Waals surface area contributed by atoms with Crippen LogP contribution < -0.4 is 5.32 Å². The van der Waals surface area contributed by atoms with Gasteiger partial charge in [0.2, 0.25) is 11.8 Å². The van der Waals surface area contributed by atoms with Crippen molar-refractivity contribution in [3.8, 4) is 0 Å². The fourth-order valence-corrected chi connectivity index (χ4v) is 4.37. The molecule has 2 aliphatic heterocycles. The first kappa shape index (κ1) is 16.5. The fraction of sp³-hybridized carbons (Fsp3) is 0.632. The molecule has 0 spiro atoms. The average Bonchev–Trinajstić information content (AvgIpc) is 3.24. The third-order valence-electron chi connectivity index (χ3n) is 5.78. The van der Waals surface area contributed by atoms with Crippen LogP contribution in [0.3, 0.4) is 0 Å². The summed E-state index contributed by atoms with van der Waals surface area (Å²) in [6, 6.07) is 3.95. The summed E-state index contributed by atoms with van der Waals surface area (Å²) in [5.41, 5.74) is 1.24. The maximum absolute atomic E-state index is 12.6. The Hall–Kier alpha value is -1.95. The molecule has 6 heteroatoms. The highest BCUT2D eigenvalue weighted by molar-refractivity contribution is 5.88. The SMILES string of the molecule is CC(=O)N1[C@@H]2CN(Cc3ccncc3)C[C@@H]2C[C@H]1C(=O)NCC1CC1. The normalized spacial score (nSPS) is 28.8. The summed E-state index contributed by atoms with van der Waals surface area (Å²) in [5, 5.41) is 3.06. The summed E-state index contributed by atoms with van der Waals surface area (Å²) in [4.78, 5) is 33.1. The van der Waals surface area contributed by atoms with Gasteiger partial charge >= 0.3 is 0 Å². The van der Waals surface area contributed by atoms with Gasteiger partial charge in [0.15, 0.2) is 0 Å². The summed E-state index contributed by atoms with van der Waals surface area (Å²) in [6.45, 7) is 5.03. The quantitative estimate of drug-likeness (QED) is 0.868. The number of aromatic nitrogens is 1. The van der Waals surface area contributed by atoms with Crippen molar-refractivity contribution in [2.75, 3.05) is 19.6 Å². The molecule has 1 aliphatic carbocycles. The van der Waals surface area contributed by atoms with E-state index in [0.717, 1.165) is 32.6 Å². The number of likely N-dealkylation sites (tertiary alicyclic amines) is 2. The largest absolute Gasteiger partial charge is 0.354 e. The van der Waals surface area contributed by atoms with Crippen LogP contribution in [-0.4, -0.2) is 58.3 Å². The number of hydrogen-bond donors (Lipinski definition) is 1. The van der Waals surface area contributed by atoms with Gasteiger partial charge < -0.3 is 10.2 Å². The zero-order chi connectivity index (χ0) is 17.4. The van der Waals surface area contributed by atoms with E-state index in [1.54, 1.807) is 6.92 Å². The molecule has 0 unspecified atom stereocenters. The number of carbonyl (C=O) groups is 2. The van der Waals surface area contributed by atoms with Crippen LogP contribution in [0.1, 0.15) is 31.7 Å². The lowest BCUT2D eigenvalue weighted by Gasteiger charge is -2.29. The molecule has 3 fully saturated rings. The Labute approximate surface area is 148 Å². The van der Waals surface area contributed by atoms with Crippen molar-refractivity contribution in [1.29, 1.82) is 0 Å². The predicted octanol–water partition coefficient (Wildman–Crippen LogP) is 1.03. The molecule has 3 heterocycles. The molecule has 0 bridgehead atoms. The van der Waals surface area contributed by atoms with E-state index in [1.165, 1.54) is 18.4 Å². The Morgan fingerprint density at radius 3 is 2.68 bits per heavy atom. The summed E-state index contributed by atoms with van der Waals surface area (Å²) >= 11 is 0. The molecule has 1 N–H and O–H groups in total. The second-order valence-electron chi connectivity index (χ2n) is 7.74. The zero-order valence-corrected chi connectivity index (χ0v) is 14.7. The first-order valence-corrected chi connectivity index (χ1v) is 9.29. The van der Waals surface area contributed by atoms with E-state index in [1.807, 2.05) is 29.4 Å². The Kier molecular flexibility index (Phi) is 4.46. The first-order valence-electron chi connectivity index (χ1n) is 9.29. The molecule has 2 saturated heterocycles. The number of amides is 2. The maximum Gasteiger partial charge on any atom is 0.242 e. The molecule has 4 rings (SSSR count). The monoisotopic (exact) mass is 342 g/mol. The summed E-state index contributed by atoms with van der Waals surface area (Å²) in [5.74, 6) is 1.11. The molecular weight excluding hydrogens is 316 g/mol. The van der Waals surface area contributed by atoms with Crippen molar-refractivity contribution in [3.63, 3.8) is 0 Å². The van der Waals surface area contributed by atoms with Gasteiger partial charge in [-0.1, -0.05) is 0 Å². The van der Waals surface area contributed by atoms with Crippen LogP contribution in [0, 0.1) is 11.8 Å². The third-order valence-corrected chi connectivity index (χ3v) is 5.78. The van der Waals surface area contributed by atoms with Crippen molar-refractivity contribution in [1.82, 2.24) is 20.1 Å². The van der Waals surface area contributed by atoms with Crippen molar-refractivity contribution < 1.29 is 9.59 Å². The van der Waals surface area contributed by atoms with Crippen LogP contribution in [0.25, 0.3) is 0 Å². The minimum Gasteiger partial charge on any atom is -0.354 e. The molecule has 1 aromatic rings. The van der Waals surface area contributed by atoms with E-state index in [9.17, 15) is 9.59 Å². The van der Waals surface area contributed by atoms with E-state index >= 15 is 0 Å². The highest BCUT2D eigenvalue weighted by Crippen LogP contribution is 2.36.